The number of halogens is 2. The molecule has 3 saturated heterocycles. The first-order valence-electron chi connectivity index (χ1n) is 10.4. The lowest BCUT2D eigenvalue weighted by molar-refractivity contribution is -0.134. The Balaban J connectivity index is 0.00000196. The normalized spacial score (nSPS) is 26.2. The predicted molar refractivity (Wildman–Crippen MR) is 116 cm³/mol. The minimum Gasteiger partial charge on any atom is -0.354 e. The van der Waals surface area contributed by atoms with E-state index < -0.39 is 0 Å². The van der Waals surface area contributed by atoms with Gasteiger partial charge in [0.15, 0.2) is 0 Å². The maximum absolute atomic E-state index is 12.7. The van der Waals surface area contributed by atoms with E-state index in [-0.39, 0.29) is 42.7 Å². The number of likely N-dealkylation sites (tertiary alicyclic amines) is 1. The third kappa shape index (κ3) is 7.34. The third-order valence-corrected chi connectivity index (χ3v) is 6.08. The van der Waals surface area contributed by atoms with Crippen LogP contribution >= 0.6 is 24.8 Å². The molecule has 0 radical (unpaired) electrons. The van der Waals surface area contributed by atoms with Gasteiger partial charge in [0.1, 0.15) is 0 Å². The molecule has 3 aliphatic heterocycles. The van der Waals surface area contributed by atoms with Crippen LogP contribution in [0.2, 0.25) is 0 Å². The molecule has 3 fully saturated rings. The van der Waals surface area contributed by atoms with E-state index in [0.29, 0.717) is 19.0 Å². The second-order valence-electron chi connectivity index (χ2n) is 7.95. The number of amides is 2. The van der Waals surface area contributed by atoms with Crippen molar-refractivity contribution < 1.29 is 9.59 Å². The third-order valence-electron chi connectivity index (χ3n) is 6.08. The maximum Gasteiger partial charge on any atom is 0.237 e. The van der Waals surface area contributed by atoms with Crippen molar-refractivity contribution in [2.24, 2.45) is 5.92 Å². The van der Waals surface area contributed by atoms with E-state index in [1.807, 2.05) is 4.90 Å². The quantitative estimate of drug-likeness (QED) is 0.635. The van der Waals surface area contributed by atoms with E-state index in [2.05, 4.69) is 27.4 Å². The maximum atomic E-state index is 12.7. The fourth-order valence-electron chi connectivity index (χ4n) is 4.29. The van der Waals surface area contributed by atoms with Crippen LogP contribution in [0.5, 0.6) is 0 Å². The number of carbonyl (C=O) groups excluding carboxylic acids is 2. The minimum absolute atomic E-state index is 0. The lowest BCUT2D eigenvalue weighted by atomic mass is 9.97. The topological polar surface area (TPSA) is 67.9 Å². The van der Waals surface area contributed by atoms with Gasteiger partial charge >= 0.3 is 0 Å². The average molecular weight is 438 g/mol. The van der Waals surface area contributed by atoms with Crippen LogP contribution in [0.4, 0.5) is 0 Å². The molecule has 0 saturated carbocycles. The van der Waals surface area contributed by atoms with E-state index in [9.17, 15) is 9.59 Å². The van der Waals surface area contributed by atoms with Crippen molar-refractivity contribution in [1.29, 1.82) is 0 Å². The van der Waals surface area contributed by atoms with Gasteiger partial charge in [0.05, 0.1) is 12.6 Å². The van der Waals surface area contributed by atoms with Gasteiger partial charge in [-0.25, -0.2) is 0 Å². The first-order chi connectivity index (χ1) is 12.7. The van der Waals surface area contributed by atoms with Crippen LogP contribution in [0.25, 0.3) is 0 Å². The first kappa shape index (κ1) is 25.4. The summed E-state index contributed by atoms with van der Waals surface area (Å²) >= 11 is 0. The molecule has 7 nitrogen and oxygen atoms in total. The van der Waals surface area contributed by atoms with Crippen LogP contribution in [-0.2, 0) is 9.59 Å². The molecule has 164 valence electrons. The Hall–Kier alpha value is -0.600. The Morgan fingerprint density at radius 2 is 1.71 bits per heavy atom. The van der Waals surface area contributed by atoms with Gasteiger partial charge in [-0.2, -0.15) is 0 Å². The molecule has 3 aliphatic rings. The zero-order valence-electron chi connectivity index (χ0n) is 17.0. The monoisotopic (exact) mass is 437 g/mol. The van der Waals surface area contributed by atoms with Gasteiger partial charge < -0.3 is 20.4 Å². The molecule has 9 heteroatoms. The molecule has 2 amide bonds. The number of nitrogens with one attached hydrogen (secondary N) is 2. The van der Waals surface area contributed by atoms with Gasteiger partial charge in [0.25, 0.3) is 0 Å². The SMILES string of the molecule is CCN1CCN(CC(=O)N2CCCC(CNC(=O)C3CCCN3)C2)CC1.Cl.Cl. The first-order valence-corrected chi connectivity index (χ1v) is 10.4. The molecule has 0 aromatic rings. The Labute approximate surface area is 181 Å². The Morgan fingerprint density at radius 1 is 1.00 bits per heavy atom. The minimum atomic E-state index is -0.0156. The van der Waals surface area contributed by atoms with E-state index in [1.54, 1.807) is 0 Å². The number of nitrogens with zero attached hydrogens (tertiary/aromatic N) is 3. The highest BCUT2D eigenvalue weighted by molar-refractivity contribution is 5.85. The summed E-state index contributed by atoms with van der Waals surface area (Å²) in [5.74, 6) is 0.762. The summed E-state index contributed by atoms with van der Waals surface area (Å²) in [6.45, 7) is 11.2. The van der Waals surface area contributed by atoms with Crippen molar-refractivity contribution in [3.63, 3.8) is 0 Å². The molecule has 0 bridgehead atoms. The zero-order chi connectivity index (χ0) is 18.4. The number of piperidine rings is 1. The van der Waals surface area contributed by atoms with E-state index >= 15 is 0 Å². The molecule has 0 aliphatic carbocycles. The molecule has 0 aromatic heterocycles. The second-order valence-corrected chi connectivity index (χ2v) is 7.95. The largest absolute Gasteiger partial charge is 0.354 e. The molecular formula is C19H37Cl2N5O2. The predicted octanol–water partition coefficient (Wildman–Crippen LogP) is 0.574. The number of carbonyl (C=O) groups is 2. The Morgan fingerprint density at radius 3 is 2.36 bits per heavy atom. The molecule has 2 N–H and O–H groups in total. The molecule has 2 atom stereocenters. The molecule has 0 aromatic carbocycles. The van der Waals surface area contributed by atoms with Crippen LogP contribution in [0.1, 0.15) is 32.6 Å². The van der Waals surface area contributed by atoms with Crippen molar-refractivity contribution in [2.75, 3.05) is 65.4 Å². The van der Waals surface area contributed by atoms with Gasteiger partial charge in [-0.3, -0.25) is 14.5 Å². The summed E-state index contributed by atoms with van der Waals surface area (Å²) in [6, 6.07) is -0.0156. The lowest BCUT2D eigenvalue weighted by Crippen LogP contribution is -2.52. The number of hydrogen-bond acceptors (Lipinski definition) is 5. The molecule has 3 rings (SSSR count). The average Bonchev–Trinajstić information content (AvgIpc) is 3.22. The fraction of sp³-hybridized carbons (Fsp3) is 0.895. The number of likely N-dealkylation sites (N-methyl/N-ethyl adjacent to an activating group) is 1. The van der Waals surface area contributed by atoms with Crippen LogP contribution in [0, 0.1) is 5.92 Å². The zero-order valence-corrected chi connectivity index (χ0v) is 18.7. The van der Waals surface area contributed by atoms with Gasteiger partial charge in [0, 0.05) is 45.8 Å². The molecule has 2 unspecified atom stereocenters. The van der Waals surface area contributed by atoms with Crippen LogP contribution in [-0.4, -0.2) is 98.0 Å². The van der Waals surface area contributed by atoms with E-state index in [1.165, 1.54) is 0 Å². The number of hydrogen-bond donors (Lipinski definition) is 2. The highest BCUT2D eigenvalue weighted by atomic mass is 35.5. The summed E-state index contributed by atoms with van der Waals surface area (Å²) in [5, 5.41) is 6.33. The van der Waals surface area contributed by atoms with E-state index in [4.69, 9.17) is 0 Å². The van der Waals surface area contributed by atoms with Crippen LogP contribution in [0.15, 0.2) is 0 Å². The number of rotatable bonds is 6. The molecule has 3 heterocycles. The highest BCUT2D eigenvalue weighted by Gasteiger charge is 2.27. The standard InChI is InChI=1S/C19H35N5O2.2ClH/c1-2-22-9-11-23(12-10-22)15-18(25)24-8-4-5-16(14-24)13-21-19(26)17-6-3-7-20-17;;/h16-17,20H,2-15H2,1H3,(H,21,26);2*1H. The summed E-state index contributed by atoms with van der Waals surface area (Å²) in [7, 11) is 0. The molecule has 28 heavy (non-hydrogen) atoms. The Bertz CT molecular complexity index is 483. The van der Waals surface area contributed by atoms with Crippen LogP contribution < -0.4 is 10.6 Å². The number of piperazine rings is 1. The smallest absolute Gasteiger partial charge is 0.237 e. The summed E-state index contributed by atoms with van der Waals surface area (Å²) in [5.41, 5.74) is 0. The Kier molecular flexibility index (Phi) is 11.7. The van der Waals surface area contributed by atoms with Gasteiger partial charge in [-0.15, -0.1) is 24.8 Å². The van der Waals surface area contributed by atoms with Crippen molar-refractivity contribution >= 4 is 36.6 Å². The summed E-state index contributed by atoms with van der Waals surface area (Å²) < 4.78 is 0. The highest BCUT2D eigenvalue weighted by Crippen LogP contribution is 2.17. The molecular weight excluding hydrogens is 401 g/mol. The van der Waals surface area contributed by atoms with Gasteiger partial charge in [-0.1, -0.05) is 6.92 Å². The van der Waals surface area contributed by atoms with Crippen LogP contribution in [0.3, 0.4) is 0 Å². The van der Waals surface area contributed by atoms with E-state index in [0.717, 1.165) is 78.0 Å². The van der Waals surface area contributed by atoms with Gasteiger partial charge in [0.2, 0.25) is 11.8 Å². The lowest BCUT2D eigenvalue weighted by Gasteiger charge is -2.37. The fourth-order valence-corrected chi connectivity index (χ4v) is 4.29. The summed E-state index contributed by atoms with van der Waals surface area (Å²) in [4.78, 5) is 31.6. The summed E-state index contributed by atoms with van der Waals surface area (Å²) in [6.07, 6.45) is 4.15. The van der Waals surface area contributed by atoms with Gasteiger partial charge in [-0.05, 0) is 44.7 Å². The van der Waals surface area contributed by atoms with Crippen molar-refractivity contribution in [2.45, 2.75) is 38.6 Å². The van der Waals surface area contributed by atoms with Crippen molar-refractivity contribution in [3.8, 4) is 0 Å². The molecule has 0 spiro atoms. The van der Waals surface area contributed by atoms with Crippen molar-refractivity contribution in [3.05, 3.63) is 0 Å². The second kappa shape index (κ2) is 12.9. The van der Waals surface area contributed by atoms with Crippen molar-refractivity contribution in [1.82, 2.24) is 25.3 Å².